The average molecular weight is 321 g/mol. The Hall–Kier alpha value is -1.56. The highest BCUT2D eigenvalue weighted by molar-refractivity contribution is 5.65. The molecule has 0 N–H and O–H groups in total. The monoisotopic (exact) mass is 320 g/mol. The molecule has 1 aliphatic rings. The summed E-state index contributed by atoms with van der Waals surface area (Å²) in [6, 6.07) is 16.4. The summed E-state index contributed by atoms with van der Waals surface area (Å²) in [6.45, 7) is 4.65. The molecular formula is C24H32. The van der Waals surface area contributed by atoms with Crippen molar-refractivity contribution in [1.82, 2.24) is 0 Å². The summed E-state index contributed by atoms with van der Waals surface area (Å²) in [7, 11) is 0. The second-order valence-corrected chi connectivity index (χ2v) is 7.69. The first kappa shape index (κ1) is 17.3. The van der Waals surface area contributed by atoms with Gasteiger partial charge < -0.3 is 0 Å². The summed E-state index contributed by atoms with van der Waals surface area (Å²) in [5.41, 5.74) is 7.39. The van der Waals surface area contributed by atoms with Crippen LogP contribution in [0.5, 0.6) is 0 Å². The molecule has 0 heteroatoms. The van der Waals surface area contributed by atoms with Gasteiger partial charge in [0.25, 0.3) is 0 Å². The van der Waals surface area contributed by atoms with Crippen molar-refractivity contribution in [2.45, 2.75) is 71.6 Å². The highest BCUT2D eigenvalue weighted by atomic mass is 14.2. The zero-order valence-electron chi connectivity index (χ0n) is 15.5. The van der Waals surface area contributed by atoms with Gasteiger partial charge in [-0.1, -0.05) is 82.0 Å². The third-order valence-corrected chi connectivity index (χ3v) is 5.54. The Morgan fingerprint density at radius 2 is 1.58 bits per heavy atom. The predicted octanol–water partition coefficient (Wildman–Crippen LogP) is 6.99. The lowest BCUT2D eigenvalue weighted by molar-refractivity contribution is 0.501. The molecule has 1 atom stereocenters. The molecule has 3 rings (SSSR count). The summed E-state index contributed by atoms with van der Waals surface area (Å²) in [5.74, 6) is 0.847. The van der Waals surface area contributed by atoms with Crippen LogP contribution in [0.15, 0.2) is 42.5 Å². The molecule has 0 saturated heterocycles. The van der Waals surface area contributed by atoms with Gasteiger partial charge in [-0.25, -0.2) is 0 Å². The standard InChI is InChI=1S/C24H32/c1-3-4-5-6-7-8-20-10-13-21(14-11-20)23-16-15-22-17-19(2)9-12-24(22)18-23/h10-11,13-16,18-19H,3-9,12,17H2,1-2H3. The molecule has 128 valence electrons. The molecule has 0 bridgehead atoms. The molecule has 0 fully saturated rings. The number of aryl methyl sites for hydroxylation is 2. The van der Waals surface area contributed by atoms with Crippen LogP contribution < -0.4 is 0 Å². The van der Waals surface area contributed by atoms with Gasteiger partial charge in [-0.3, -0.25) is 0 Å². The number of hydrogen-bond donors (Lipinski definition) is 0. The second-order valence-electron chi connectivity index (χ2n) is 7.69. The lowest BCUT2D eigenvalue weighted by Gasteiger charge is -2.22. The van der Waals surface area contributed by atoms with Gasteiger partial charge in [0.2, 0.25) is 0 Å². The molecule has 1 aliphatic carbocycles. The molecule has 0 spiro atoms. The van der Waals surface area contributed by atoms with E-state index in [1.165, 1.54) is 74.5 Å². The number of rotatable bonds is 7. The SMILES string of the molecule is CCCCCCCc1ccc(-c2ccc3c(c2)CCC(C)C3)cc1. The van der Waals surface area contributed by atoms with Crippen molar-refractivity contribution in [3.8, 4) is 11.1 Å². The van der Waals surface area contributed by atoms with E-state index in [0.29, 0.717) is 0 Å². The van der Waals surface area contributed by atoms with Crippen LogP contribution in [-0.2, 0) is 19.3 Å². The van der Waals surface area contributed by atoms with E-state index in [1.54, 1.807) is 11.1 Å². The van der Waals surface area contributed by atoms with Gasteiger partial charge in [0.05, 0.1) is 0 Å². The number of unbranched alkanes of at least 4 members (excludes halogenated alkanes) is 4. The van der Waals surface area contributed by atoms with Gasteiger partial charge in [0, 0.05) is 0 Å². The maximum Gasteiger partial charge on any atom is -0.0181 e. The second kappa shape index (κ2) is 8.51. The average Bonchev–Trinajstić information content (AvgIpc) is 2.62. The fraction of sp³-hybridized carbons (Fsp3) is 0.500. The van der Waals surface area contributed by atoms with Crippen molar-refractivity contribution in [3.05, 3.63) is 59.2 Å². The van der Waals surface area contributed by atoms with Gasteiger partial charge >= 0.3 is 0 Å². The van der Waals surface area contributed by atoms with Crippen molar-refractivity contribution < 1.29 is 0 Å². The van der Waals surface area contributed by atoms with Gasteiger partial charge in [-0.15, -0.1) is 0 Å². The molecule has 0 radical (unpaired) electrons. The number of fused-ring (bicyclic) bond motifs is 1. The topological polar surface area (TPSA) is 0 Å². The maximum atomic E-state index is 2.43. The van der Waals surface area contributed by atoms with Crippen LogP contribution in [0.25, 0.3) is 11.1 Å². The Balaban J connectivity index is 1.61. The van der Waals surface area contributed by atoms with Crippen LogP contribution in [0, 0.1) is 5.92 Å². The molecular weight excluding hydrogens is 288 g/mol. The summed E-state index contributed by atoms with van der Waals surface area (Å²) in [6.07, 6.45) is 11.9. The van der Waals surface area contributed by atoms with E-state index in [-0.39, 0.29) is 0 Å². The zero-order valence-corrected chi connectivity index (χ0v) is 15.5. The Morgan fingerprint density at radius 3 is 2.38 bits per heavy atom. The van der Waals surface area contributed by atoms with Gasteiger partial charge in [0.1, 0.15) is 0 Å². The lowest BCUT2D eigenvalue weighted by atomic mass is 9.83. The van der Waals surface area contributed by atoms with Crippen LogP contribution in [0.1, 0.15) is 69.1 Å². The minimum atomic E-state index is 0.847. The predicted molar refractivity (Wildman–Crippen MR) is 106 cm³/mol. The molecule has 2 aromatic rings. The fourth-order valence-corrected chi connectivity index (χ4v) is 3.91. The molecule has 24 heavy (non-hydrogen) atoms. The zero-order chi connectivity index (χ0) is 16.8. The summed E-state index contributed by atoms with van der Waals surface area (Å²) >= 11 is 0. The molecule has 0 heterocycles. The van der Waals surface area contributed by atoms with Crippen molar-refractivity contribution in [3.63, 3.8) is 0 Å². The molecule has 0 amide bonds. The first-order valence-electron chi connectivity index (χ1n) is 9.97. The summed E-state index contributed by atoms with van der Waals surface area (Å²) < 4.78 is 0. The van der Waals surface area contributed by atoms with Crippen molar-refractivity contribution in [2.24, 2.45) is 5.92 Å². The van der Waals surface area contributed by atoms with Crippen LogP contribution in [0.4, 0.5) is 0 Å². The van der Waals surface area contributed by atoms with E-state index >= 15 is 0 Å². The lowest BCUT2D eigenvalue weighted by Crippen LogP contribution is -2.11. The highest BCUT2D eigenvalue weighted by Gasteiger charge is 2.15. The highest BCUT2D eigenvalue weighted by Crippen LogP contribution is 2.30. The first-order chi connectivity index (χ1) is 11.8. The van der Waals surface area contributed by atoms with E-state index < -0.39 is 0 Å². The Bertz CT molecular complexity index is 636. The molecule has 0 aliphatic heterocycles. The van der Waals surface area contributed by atoms with Crippen LogP contribution >= 0.6 is 0 Å². The third-order valence-electron chi connectivity index (χ3n) is 5.54. The minimum absolute atomic E-state index is 0.847. The van der Waals surface area contributed by atoms with Crippen LogP contribution in [-0.4, -0.2) is 0 Å². The van der Waals surface area contributed by atoms with E-state index in [9.17, 15) is 0 Å². The Kier molecular flexibility index (Phi) is 6.12. The van der Waals surface area contributed by atoms with Crippen LogP contribution in [0.2, 0.25) is 0 Å². The first-order valence-corrected chi connectivity index (χ1v) is 9.97. The molecule has 0 nitrogen and oxygen atoms in total. The molecule has 0 aromatic heterocycles. The normalized spacial score (nSPS) is 16.8. The largest absolute Gasteiger partial charge is 0.0654 e. The van der Waals surface area contributed by atoms with Gasteiger partial charge in [-0.05, 0) is 65.8 Å². The van der Waals surface area contributed by atoms with Crippen molar-refractivity contribution in [1.29, 1.82) is 0 Å². The van der Waals surface area contributed by atoms with E-state index in [4.69, 9.17) is 0 Å². The Morgan fingerprint density at radius 1 is 0.833 bits per heavy atom. The summed E-state index contributed by atoms with van der Waals surface area (Å²) in [5, 5.41) is 0. The fourth-order valence-electron chi connectivity index (χ4n) is 3.91. The maximum absolute atomic E-state index is 2.43. The Labute approximate surface area is 148 Å². The molecule has 1 unspecified atom stereocenters. The van der Waals surface area contributed by atoms with E-state index in [0.717, 1.165) is 5.92 Å². The quantitative estimate of drug-likeness (QED) is 0.482. The van der Waals surface area contributed by atoms with Gasteiger partial charge in [-0.2, -0.15) is 0 Å². The van der Waals surface area contributed by atoms with Crippen LogP contribution in [0.3, 0.4) is 0 Å². The van der Waals surface area contributed by atoms with Gasteiger partial charge in [0.15, 0.2) is 0 Å². The van der Waals surface area contributed by atoms with Crippen molar-refractivity contribution in [2.75, 3.05) is 0 Å². The molecule has 0 saturated carbocycles. The number of hydrogen-bond acceptors (Lipinski definition) is 0. The van der Waals surface area contributed by atoms with Crippen molar-refractivity contribution >= 4 is 0 Å². The smallest absolute Gasteiger partial charge is 0.0181 e. The summed E-state index contributed by atoms with van der Waals surface area (Å²) in [4.78, 5) is 0. The molecule has 2 aromatic carbocycles. The third kappa shape index (κ3) is 4.50. The number of benzene rings is 2. The minimum Gasteiger partial charge on any atom is -0.0654 e. The van der Waals surface area contributed by atoms with E-state index in [1.807, 2.05) is 0 Å². The van der Waals surface area contributed by atoms with E-state index in [2.05, 4.69) is 56.3 Å².